The van der Waals surface area contributed by atoms with Gasteiger partial charge in [0.15, 0.2) is 5.13 Å². The van der Waals surface area contributed by atoms with Gasteiger partial charge in [-0.15, -0.1) is 22.7 Å². The van der Waals surface area contributed by atoms with Gasteiger partial charge >= 0.3 is 0 Å². The molecule has 0 atom stereocenters. The number of carbonyl (C=O) groups is 1. The highest BCUT2D eigenvalue weighted by molar-refractivity contribution is 7.93. The summed E-state index contributed by atoms with van der Waals surface area (Å²) in [7, 11) is -3.69. The molecule has 0 aliphatic rings. The number of nitrogens with one attached hydrogen (secondary N) is 2. The van der Waals surface area contributed by atoms with Gasteiger partial charge < -0.3 is 5.32 Å². The van der Waals surface area contributed by atoms with E-state index >= 15 is 0 Å². The van der Waals surface area contributed by atoms with E-state index < -0.39 is 10.0 Å². The molecule has 0 unspecified atom stereocenters. The van der Waals surface area contributed by atoms with E-state index in [1.165, 1.54) is 0 Å². The lowest BCUT2D eigenvalue weighted by Crippen LogP contribution is -2.24. The fraction of sp³-hybridized carbons (Fsp3) is 0.176. The fourth-order valence-electron chi connectivity index (χ4n) is 2.15. The van der Waals surface area contributed by atoms with E-state index in [2.05, 4.69) is 15.0 Å². The molecule has 136 valence electrons. The molecule has 3 rings (SSSR count). The van der Waals surface area contributed by atoms with E-state index in [0.717, 1.165) is 21.8 Å². The second-order valence-electron chi connectivity index (χ2n) is 5.60. The van der Waals surface area contributed by atoms with Crippen LogP contribution < -0.4 is 10.0 Å². The Morgan fingerprint density at radius 2 is 1.92 bits per heavy atom. The molecule has 1 amide bonds. The van der Waals surface area contributed by atoms with Crippen molar-refractivity contribution < 1.29 is 13.2 Å². The Hall–Kier alpha value is -2.23. The molecule has 0 saturated carbocycles. The topological polar surface area (TPSA) is 88.2 Å². The fourth-order valence-corrected chi connectivity index (χ4v) is 4.76. The maximum absolute atomic E-state index is 12.4. The lowest BCUT2D eigenvalue weighted by Gasteiger charge is -2.05. The van der Waals surface area contributed by atoms with Crippen molar-refractivity contribution in [3.8, 4) is 0 Å². The summed E-state index contributed by atoms with van der Waals surface area (Å²) in [6, 6.07) is 10.4. The predicted molar refractivity (Wildman–Crippen MR) is 104 cm³/mol. The number of anilines is 1. The second kappa shape index (κ2) is 7.98. The van der Waals surface area contributed by atoms with Crippen molar-refractivity contribution in [2.45, 2.75) is 24.8 Å². The molecule has 0 fully saturated rings. The molecule has 0 aliphatic carbocycles. The lowest BCUT2D eigenvalue weighted by atomic mass is 10.2. The van der Waals surface area contributed by atoms with Crippen LogP contribution in [0.5, 0.6) is 0 Å². The zero-order valence-corrected chi connectivity index (χ0v) is 16.4. The van der Waals surface area contributed by atoms with E-state index in [9.17, 15) is 13.2 Å². The van der Waals surface area contributed by atoms with Gasteiger partial charge in [-0.25, -0.2) is 13.4 Å². The maximum Gasteiger partial charge on any atom is 0.263 e. The van der Waals surface area contributed by atoms with Crippen molar-refractivity contribution in [1.29, 1.82) is 0 Å². The molecule has 0 bridgehead atoms. The maximum atomic E-state index is 12.4. The average molecular weight is 408 g/mol. The third-order valence-corrected chi connectivity index (χ3v) is 6.65. The summed E-state index contributed by atoms with van der Waals surface area (Å²) < 4.78 is 27.2. The Morgan fingerprint density at radius 1 is 1.15 bits per heavy atom. The number of rotatable bonds is 7. The third-order valence-electron chi connectivity index (χ3n) is 3.49. The number of thiophene rings is 1. The molecule has 9 heteroatoms. The van der Waals surface area contributed by atoms with Crippen molar-refractivity contribution in [3.05, 3.63) is 63.3 Å². The van der Waals surface area contributed by atoms with Gasteiger partial charge in [-0.3, -0.25) is 9.52 Å². The molecular weight excluding hydrogens is 390 g/mol. The van der Waals surface area contributed by atoms with E-state index in [4.69, 9.17) is 0 Å². The summed E-state index contributed by atoms with van der Waals surface area (Å²) in [5, 5.41) is 6.69. The molecule has 3 aromatic rings. The summed E-state index contributed by atoms with van der Waals surface area (Å²) in [6.45, 7) is 2.37. The van der Waals surface area contributed by atoms with Crippen molar-refractivity contribution in [2.75, 3.05) is 4.72 Å². The van der Waals surface area contributed by atoms with Crippen LogP contribution >= 0.6 is 22.7 Å². The molecule has 0 saturated heterocycles. The number of aryl methyl sites for hydroxylation is 1. The van der Waals surface area contributed by atoms with Gasteiger partial charge in [-0.2, -0.15) is 0 Å². The lowest BCUT2D eigenvalue weighted by molar-refractivity contribution is -0.120. The number of hydrogen-bond donors (Lipinski definition) is 2. The second-order valence-corrected chi connectivity index (χ2v) is 9.17. The molecular formula is C17H17N3O3S3. The number of nitrogens with zero attached hydrogens (tertiary/aromatic N) is 1. The van der Waals surface area contributed by atoms with Crippen LogP contribution in [0.15, 0.2) is 52.1 Å². The molecule has 2 aromatic heterocycles. The highest BCUT2D eigenvalue weighted by atomic mass is 32.2. The zero-order valence-electron chi connectivity index (χ0n) is 13.9. The van der Waals surface area contributed by atoms with Crippen LogP contribution in [0.4, 0.5) is 5.13 Å². The van der Waals surface area contributed by atoms with E-state index in [0.29, 0.717) is 12.2 Å². The minimum atomic E-state index is -3.69. The van der Waals surface area contributed by atoms with Crippen LogP contribution in [0, 0.1) is 6.92 Å². The number of carbonyl (C=O) groups excluding carboxylic acids is 1. The van der Waals surface area contributed by atoms with Crippen LogP contribution in [0.3, 0.4) is 0 Å². The van der Waals surface area contributed by atoms with Gasteiger partial charge in [0, 0.05) is 10.3 Å². The number of sulfonamides is 1. The average Bonchev–Trinajstić information content (AvgIpc) is 3.25. The van der Waals surface area contributed by atoms with Gasteiger partial charge in [-0.05, 0) is 30.5 Å². The molecule has 0 radical (unpaired) electrons. The zero-order chi connectivity index (χ0) is 18.6. The summed E-state index contributed by atoms with van der Waals surface area (Å²) in [5.41, 5.74) is 1.51. The van der Waals surface area contributed by atoms with Crippen molar-refractivity contribution in [2.24, 2.45) is 0 Å². The van der Waals surface area contributed by atoms with E-state index in [1.54, 1.807) is 41.0 Å². The first-order valence-corrected chi connectivity index (χ1v) is 11.0. The highest BCUT2D eigenvalue weighted by Gasteiger charge is 2.16. The smallest absolute Gasteiger partial charge is 0.263 e. The Morgan fingerprint density at radius 3 is 2.62 bits per heavy atom. The number of thiazole rings is 1. The Balaban J connectivity index is 1.58. The van der Waals surface area contributed by atoms with E-state index in [-0.39, 0.29) is 22.4 Å². The van der Waals surface area contributed by atoms with Crippen molar-refractivity contribution >= 4 is 43.7 Å². The van der Waals surface area contributed by atoms with Crippen LogP contribution in [0.2, 0.25) is 0 Å². The largest absolute Gasteiger partial charge is 0.351 e. The van der Waals surface area contributed by atoms with Gasteiger partial charge in [-0.1, -0.05) is 23.8 Å². The number of amides is 1. The van der Waals surface area contributed by atoms with Crippen molar-refractivity contribution in [3.63, 3.8) is 0 Å². The Bertz CT molecular complexity index is 978. The summed E-state index contributed by atoms with van der Waals surface area (Å²) in [5.74, 6) is -0.156. The molecule has 0 spiro atoms. The number of benzene rings is 1. The summed E-state index contributed by atoms with van der Waals surface area (Å²) in [6.07, 6.45) is 0.105. The third kappa shape index (κ3) is 4.90. The minimum Gasteiger partial charge on any atom is -0.351 e. The van der Waals surface area contributed by atoms with Gasteiger partial charge in [0.25, 0.3) is 10.0 Å². The van der Waals surface area contributed by atoms with Crippen LogP contribution in [-0.4, -0.2) is 19.3 Å². The summed E-state index contributed by atoms with van der Waals surface area (Å²) >= 11 is 2.73. The first kappa shape index (κ1) is 18.6. The van der Waals surface area contributed by atoms with Crippen LogP contribution in [0.25, 0.3) is 0 Å². The quantitative estimate of drug-likeness (QED) is 0.630. The number of aromatic nitrogens is 1. The molecule has 1 aromatic carbocycles. The predicted octanol–water partition coefficient (Wildman–Crippen LogP) is 3.17. The standard InChI is InChI=1S/C17H17N3O3S3/c1-12-4-6-15(7-5-12)26(22,23)20-17-19-13(11-25-17)9-16(21)18-10-14-3-2-8-24-14/h2-8,11H,9-10H2,1H3,(H,18,21)(H,19,20). The van der Waals surface area contributed by atoms with Crippen LogP contribution in [-0.2, 0) is 27.8 Å². The van der Waals surface area contributed by atoms with Crippen molar-refractivity contribution in [1.82, 2.24) is 10.3 Å². The summed E-state index contributed by atoms with van der Waals surface area (Å²) in [4.78, 5) is 17.4. The SMILES string of the molecule is Cc1ccc(S(=O)(=O)Nc2nc(CC(=O)NCc3cccs3)cs2)cc1. The molecule has 2 heterocycles. The Kier molecular flexibility index (Phi) is 5.70. The first-order valence-electron chi connectivity index (χ1n) is 7.75. The van der Waals surface area contributed by atoms with Gasteiger partial charge in [0.1, 0.15) is 0 Å². The normalized spacial score (nSPS) is 11.3. The molecule has 0 aliphatic heterocycles. The van der Waals surface area contributed by atoms with Gasteiger partial charge in [0.2, 0.25) is 5.91 Å². The highest BCUT2D eigenvalue weighted by Crippen LogP contribution is 2.20. The number of hydrogen-bond acceptors (Lipinski definition) is 6. The van der Waals surface area contributed by atoms with Crippen LogP contribution in [0.1, 0.15) is 16.1 Å². The monoisotopic (exact) mass is 407 g/mol. The molecule has 26 heavy (non-hydrogen) atoms. The molecule has 6 nitrogen and oxygen atoms in total. The van der Waals surface area contributed by atoms with E-state index in [1.807, 2.05) is 24.4 Å². The minimum absolute atomic E-state index is 0.105. The Labute approximate surface area is 160 Å². The molecule has 2 N–H and O–H groups in total. The van der Waals surface area contributed by atoms with Gasteiger partial charge in [0.05, 0.1) is 23.6 Å². The first-order chi connectivity index (χ1) is 12.4.